The Morgan fingerprint density at radius 3 is 1.73 bits per heavy atom. The van der Waals surface area contributed by atoms with Crippen molar-refractivity contribution in [3.8, 4) is 11.5 Å². The second-order valence-corrected chi connectivity index (χ2v) is 11.4. The molecule has 0 bridgehead atoms. The van der Waals surface area contributed by atoms with E-state index in [1.807, 2.05) is 0 Å². The van der Waals surface area contributed by atoms with E-state index in [1.54, 1.807) is 14.2 Å². The highest BCUT2D eigenvalue weighted by Gasteiger charge is 2.48. The van der Waals surface area contributed by atoms with E-state index in [-0.39, 0.29) is 23.4 Å². The van der Waals surface area contributed by atoms with Crippen molar-refractivity contribution in [2.45, 2.75) is 81.7 Å². The summed E-state index contributed by atoms with van der Waals surface area (Å²) >= 11 is 0. The Hall–Kier alpha value is -2.12. The van der Waals surface area contributed by atoms with Crippen LogP contribution in [0.1, 0.15) is 68.1 Å². The minimum absolute atomic E-state index is 0.0465. The monoisotopic (exact) mass is 510 g/mol. The quantitative estimate of drug-likeness (QED) is 0.336. The molecule has 3 fully saturated rings. The van der Waals surface area contributed by atoms with Crippen molar-refractivity contribution >= 4 is 0 Å². The van der Waals surface area contributed by atoms with Gasteiger partial charge in [-0.05, 0) is 93.2 Å². The van der Waals surface area contributed by atoms with Crippen LogP contribution in [0.4, 0.5) is 0 Å². The van der Waals surface area contributed by atoms with Crippen LogP contribution in [0.3, 0.4) is 0 Å². The lowest BCUT2D eigenvalue weighted by Crippen LogP contribution is -2.34. The molecule has 5 rings (SSSR count). The maximum absolute atomic E-state index is 6.11. The first-order valence-electron chi connectivity index (χ1n) is 13.6. The molecule has 1 saturated carbocycles. The zero-order valence-electron chi connectivity index (χ0n) is 23.0. The van der Waals surface area contributed by atoms with Gasteiger partial charge in [0.15, 0.2) is 0 Å². The van der Waals surface area contributed by atoms with Gasteiger partial charge in [-0.2, -0.15) is 0 Å². The fourth-order valence-corrected chi connectivity index (χ4v) is 5.61. The molecule has 2 saturated heterocycles. The molecule has 2 aromatic rings. The van der Waals surface area contributed by atoms with Gasteiger partial charge in [0.05, 0.1) is 13.2 Å². The molecule has 2 aromatic carbocycles. The minimum Gasteiger partial charge on any atom is -0.491 e. The van der Waals surface area contributed by atoms with E-state index in [0.717, 1.165) is 24.7 Å². The summed E-state index contributed by atoms with van der Waals surface area (Å²) < 4.78 is 34.3. The lowest BCUT2D eigenvalue weighted by molar-refractivity contribution is 0.00479. The van der Waals surface area contributed by atoms with Gasteiger partial charge in [0.2, 0.25) is 0 Å². The number of epoxide rings is 2. The van der Waals surface area contributed by atoms with Crippen LogP contribution in [0.5, 0.6) is 11.5 Å². The van der Waals surface area contributed by atoms with E-state index in [9.17, 15) is 0 Å². The molecule has 6 nitrogen and oxygen atoms in total. The normalized spacial score (nSPS) is 30.4. The van der Waals surface area contributed by atoms with Crippen LogP contribution in [0, 0.1) is 6.92 Å². The molecule has 4 unspecified atom stereocenters. The third-order valence-electron chi connectivity index (χ3n) is 8.67. The van der Waals surface area contributed by atoms with Crippen LogP contribution in [0.25, 0.3) is 0 Å². The molecule has 2 heterocycles. The number of hydrogen-bond acceptors (Lipinski definition) is 6. The van der Waals surface area contributed by atoms with Gasteiger partial charge < -0.3 is 28.4 Å². The Bertz CT molecular complexity index is 1030. The Kier molecular flexibility index (Phi) is 7.83. The molecule has 1 aliphatic carbocycles. The second kappa shape index (κ2) is 10.9. The largest absolute Gasteiger partial charge is 0.491 e. The van der Waals surface area contributed by atoms with Crippen LogP contribution >= 0.6 is 0 Å². The highest BCUT2D eigenvalue weighted by molar-refractivity contribution is 5.38. The molecule has 0 aromatic heterocycles. The number of hydrogen-bond donors (Lipinski definition) is 0. The van der Waals surface area contributed by atoms with Gasteiger partial charge in [-0.1, -0.05) is 24.3 Å². The maximum atomic E-state index is 6.11. The van der Waals surface area contributed by atoms with Crippen LogP contribution in [-0.2, 0) is 18.9 Å². The van der Waals surface area contributed by atoms with Gasteiger partial charge in [0, 0.05) is 14.2 Å². The number of ether oxygens (including phenoxy) is 6. The summed E-state index contributed by atoms with van der Waals surface area (Å²) in [6.07, 6.45) is 4.73. The molecule has 0 spiro atoms. The molecule has 0 N–H and O–H groups in total. The topological polar surface area (TPSA) is 62.0 Å². The predicted molar refractivity (Wildman–Crippen MR) is 143 cm³/mol. The summed E-state index contributed by atoms with van der Waals surface area (Å²) in [6.45, 7) is 8.75. The van der Waals surface area contributed by atoms with Gasteiger partial charge in [-0.3, -0.25) is 0 Å². The Balaban J connectivity index is 1.10. The Morgan fingerprint density at radius 2 is 1.24 bits per heavy atom. The first-order chi connectivity index (χ1) is 17.8. The molecular formula is C31H42O6. The lowest BCUT2D eigenvalue weighted by atomic mass is 9.76. The summed E-state index contributed by atoms with van der Waals surface area (Å²) in [6, 6.07) is 15.3. The van der Waals surface area contributed by atoms with Crippen LogP contribution < -0.4 is 9.47 Å². The van der Waals surface area contributed by atoms with Crippen molar-refractivity contribution < 1.29 is 28.4 Å². The number of benzene rings is 2. The van der Waals surface area contributed by atoms with Crippen molar-refractivity contribution in [3.63, 3.8) is 0 Å². The van der Waals surface area contributed by atoms with Gasteiger partial charge >= 0.3 is 0 Å². The summed E-state index contributed by atoms with van der Waals surface area (Å²) in [4.78, 5) is 0. The van der Waals surface area contributed by atoms with Crippen molar-refractivity contribution in [2.24, 2.45) is 0 Å². The van der Waals surface area contributed by atoms with Gasteiger partial charge in [0.1, 0.15) is 48.1 Å². The summed E-state index contributed by atoms with van der Waals surface area (Å²) in [5.41, 5.74) is 3.62. The van der Waals surface area contributed by atoms with E-state index in [2.05, 4.69) is 63.2 Å². The van der Waals surface area contributed by atoms with Crippen molar-refractivity contribution in [1.29, 1.82) is 0 Å². The van der Waals surface area contributed by atoms with E-state index in [4.69, 9.17) is 28.4 Å². The third-order valence-corrected chi connectivity index (χ3v) is 8.67. The molecule has 6 heteroatoms. The smallest absolute Gasteiger partial charge is 0.122 e. The fraction of sp³-hybridized carbons (Fsp3) is 0.613. The zero-order valence-corrected chi connectivity index (χ0v) is 23.0. The Labute approximate surface area is 221 Å². The molecule has 0 radical (unpaired) electrons. The second-order valence-electron chi connectivity index (χ2n) is 11.4. The molecule has 0 amide bonds. The number of aryl methyl sites for hydroxylation is 1. The molecular weight excluding hydrogens is 468 g/mol. The standard InChI is InChI=1S/C31H42O6/c1-21-16-25(12-15-27(21)35-18-29(33-5)31(3)20-37-31)24-8-6-22(7-9-24)23-10-13-26(14-11-23)34-17-28(32-4)30(2)19-36-30/h10-16,22,24,28-29H,6-9,17-20H2,1-5H3. The van der Waals surface area contributed by atoms with Gasteiger partial charge in [-0.25, -0.2) is 0 Å². The van der Waals surface area contributed by atoms with E-state index in [0.29, 0.717) is 25.0 Å². The summed E-state index contributed by atoms with van der Waals surface area (Å²) in [7, 11) is 3.44. The highest BCUT2D eigenvalue weighted by atomic mass is 16.6. The average molecular weight is 511 g/mol. The van der Waals surface area contributed by atoms with Crippen molar-refractivity contribution in [1.82, 2.24) is 0 Å². The fourth-order valence-electron chi connectivity index (χ4n) is 5.61. The number of methoxy groups -OCH3 is 2. The molecule has 202 valence electrons. The lowest BCUT2D eigenvalue weighted by Gasteiger charge is -2.29. The summed E-state index contributed by atoms with van der Waals surface area (Å²) in [5, 5.41) is 0. The zero-order chi connectivity index (χ0) is 26.0. The predicted octanol–water partition coefficient (Wildman–Crippen LogP) is 5.80. The first kappa shape index (κ1) is 26.5. The first-order valence-corrected chi connectivity index (χ1v) is 13.6. The minimum atomic E-state index is -0.203. The van der Waals surface area contributed by atoms with E-state index >= 15 is 0 Å². The molecule has 37 heavy (non-hydrogen) atoms. The van der Waals surface area contributed by atoms with Gasteiger partial charge in [-0.15, -0.1) is 0 Å². The molecule has 2 aliphatic heterocycles. The number of rotatable bonds is 12. The molecule has 3 aliphatic rings. The highest BCUT2D eigenvalue weighted by Crippen LogP contribution is 2.42. The van der Waals surface area contributed by atoms with Crippen LogP contribution in [0.2, 0.25) is 0 Å². The Morgan fingerprint density at radius 1 is 0.757 bits per heavy atom. The summed E-state index contributed by atoms with van der Waals surface area (Å²) in [5.74, 6) is 3.03. The third kappa shape index (κ3) is 6.14. The van der Waals surface area contributed by atoms with Gasteiger partial charge in [0.25, 0.3) is 0 Å². The SMILES string of the molecule is COC(COc1ccc(C2CCC(c3ccc(OCC(OC)C4(C)CO4)c(C)c3)CC2)cc1)C1(C)CO1. The van der Waals surface area contributed by atoms with Crippen LogP contribution in [0.15, 0.2) is 42.5 Å². The average Bonchev–Trinajstić information content (AvgIpc) is 3.85. The molecule has 4 atom stereocenters. The van der Waals surface area contributed by atoms with Crippen molar-refractivity contribution in [2.75, 3.05) is 40.6 Å². The van der Waals surface area contributed by atoms with Crippen molar-refractivity contribution in [3.05, 3.63) is 59.2 Å². The van der Waals surface area contributed by atoms with Crippen LogP contribution in [-0.4, -0.2) is 64.1 Å². The van der Waals surface area contributed by atoms with E-state index in [1.165, 1.54) is 42.4 Å². The van der Waals surface area contributed by atoms with E-state index < -0.39 is 0 Å². The maximum Gasteiger partial charge on any atom is 0.122 e.